The van der Waals surface area contributed by atoms with Crippen LogP contribution in [0.15, 0.2) is 79.1 Å². The molecule has 0 radical (unpaired) electrons. The normalized spacial score (nSPS) is 10.7. The highest BCUT2D eigenvalue weighted by atomic mass is 16.1. The van der Waals surface area contributed by atoms with Gasteiger partial charge in [0.05, 0.1) is 11.4 Å². The van der Waals surface area contributed by atoms with E-state index in [4.69, 9.17) is 5.73 Å². The second-order valence-corrected chi connectivity index (χ2v) is 5.69. The van der Waals surface area contributed by atoms with Gasteiger partial charge in [0.25, 0.3) is 0 Å². The third-order valence-electron chi connectivity index (χ3n) is 4.02. The molecule has 0 spiro atoms. The standard InChI is InChI=1S/C20H16N4O/c21-17-8-4-11-22-20(17)23-15-6-3-5-14(13-15)19(25)18-10-9-16-7-1-2-12-24(16)18/h1-13H,21H2,(H,22,23). The van der Waals surface area contributed by atoms with Crippen LogP contribution in [0.2, 0.25) is 0 Å². The smallest absolute Gasteiger partial charge is 0.209 e. The van der Waals surface area contributed by atoms with E-state index in [-0.39, 0.29) is 5.78 Å². The molecule has 25 heavy (non-hydrogen) atoms. The van der Waals surface area contributed by atoms with Gasteiger partial charge in [0.15, 0.2) is 5.82 Å². The van der Waals surface area contributed by atoms with Crippen LogP contribution in [0.3, 0.4) is 0 Å². The van der Waals surface area contributed by atoms with Crippen molar-refractivity contribution in [2.45, 2.75) is 0 Å². The number of fused-ring (bicyclic) bond motifs is 1. The predicted octanol–water partition coefficient (Wildman–Crippen LogP) is 3.89. The van der Waals surface area contributed by atoms with Crippen LogP contribution in [0.25, 0.3) is 5.52 Å². The van der Waals surface area contributed by atoms with E-state index in [1.165, 1.54) is 0 Å². The van der Waals surface area contributed by atoms with Gasteiger partial charge in [0, 0.05) is 29.2 Å². The van der Waals surface area contributed by atoms with Crippen molar-refractivity contribution in [2.75, 3.05) is 11.1 Å². The van der Waals surface area contributed by atoms with Crippen molar-refractivity contribution in [1.29, 1.82) is 0 Å². The van der Waals surface area contributed by atoms with Crippen LogP contribution in [0.4, 0.5) is 17.2 Å². The first-order valence-corrected chi connectivity index (χ1v) is 7.91. The minimum absolute atomic E-state index is 0.0381. The van der Waals surface area contributed by atoms with Gasteiger partial charge in [0.1, 0.15) is 0 Å². The molecule has 122 valence electrons. The summed E-state index contributed by atoms with van der Waals surface area (Å²) >= 11 is 0. The predicted molar refractivity (Wildman–Crippen MR) is 99.2 cm³/mol. The lowest BCUT2D eigenvalue weighted by molar-refractivity contribution is 0.103. The molecule has 0 aliphatic heterocycles. The number of carbonyl (C=O) groups excluding carboxylic acids is 1. The van der Waals surface area contributed by atoms with Crippen LogP contribution in [-0.2, 0) is 0 Å². The molecule has 0 bridgehead atoms. The molecule has 0 aliphatic carbocycles. The summed E-state index contributed by atoms with van der Waals surface area (Å²) in [5, 5.41) is 3.15. The Labute approximate surface area is 144 Å². The summed E-state index contributed by atoms with van der Waals surface area (Å²) in [5.41, 5.74) is 9.44. The number of rotatable bonds is 4. The Morgan fingerprint density at radius 2 is 1.92 bits per heavy atom. The number of anilines is 3. The Morgan fingerprint density at radius 1 is 1.00 bits per heavy atom. The lowest BCUT2D eigenvalue weighted by Crippen LogP contribution is -2.06. The van der Waals surface area contributed by atoms with Crippen molar-refractivity contribution in [1.82, 2.24) is 9.38 Å². The number of nitrogens with two attached hydrogens (primary N) is 1. The van der Waals surface area contributed by atoms with Gasteiger partial charge in [-0.05, 0) is 48.5 Å². The van der Waals surface area contributed by atoms with Crippen molar-refractivity contribution in [2.24, 2.45) is 0 Å². The summed E-state index contributed by atoms with van der Waals surface area (Å²) in [6, 6.07) is 20.5. The Hall–Kier alpha value is -3.60. The maximum Gasteiger partial charge on any atom is 0.209 e. The van der Waals surface area contributed by atoms with E-state index >= 15 is 0 Å². The first kappa shape index (κ1) is 15.0. The molecule has 5 heteroatoms. The van der Waals surface area contributed by atoms with E-state index in [9.17, 15) is 4.79 Å². The third-order valence-corrected chi connectivity index (χ3v) is 4.02. The van der Waals surface area contributed by atoms with Crippen molar-refractivity contribution in [3.63, 3.8) is 0 Å². The zero-order valence-electron chi connectivity index (χ0n) is 13.4. The van der Waals surface area contributed by atoms with Gasteiger partial charge < -0.3 is 15.5 Å². The highest BCUT2D eigenvalue weighted by molar-refractivity contribution is 6.09. The molecule has 1 aromatic carbocycles. The Bertz CT molecular complexity index is 1070. The van der Waals surface area contributed by atoms with Crippen LogP contribution >= 0.6 is 0 Å². The molecule has 0 saturated carbocycles. The highest BCUT2D eigenvalue weighted by Crippen LogP contribution is 2.22. The lowest BCUT2D eigenvalue weighted by Gasteiger charge is -2.09. The van der Waals surface area contributed by atoms with Crippen LogP contribution in [0.1, 0.15) is 16.1 Å². The number of nitrogens with zero attached hydrogens (tertiary/aromatic N) is 2. The zero-order valence-corrected chi connectivity index (χ0v) is 13.4. The fraction of sp³-hybridized carbons (Fsp3) is 0. The van der Waals surface area contributed by atoms with Crippen molar-refractivity contribution in [3.8, 4) is 0 Å². The molecule has 4 rings (SSSR count). The average Bonchev–Trinajstić information content (AvgIpc) is 3.07. The SMILES string of the molecule is Nc1cccnc1Nc1cccc(C(=O)c2ccc3ccccn23)c1. The number of ketones is 1. The van der Waals surface area contributed by atoms with E-state index in [2.05, 4.69) is 10.3 Å². The van der Waals surface area contributed by atoms with Gasteiger partial charge in [-0.1, -0.05) is 18.2 Å². The summed E-state index contributed by atoms with van der Waals surface area (Å²) < 4.78 is 1.89. The van der Waals surface area contributed by atoms with Crippen molar-refractivity contribution < 1.29 is 4.79 Å². The number of hydrogen-bond acceptors (Lipinski definition) is 4. The van der Waals surface area contributed by atoms with E-state index in [1.807, 2.05) is 53.1 Å². The number of carbonyl (C=O) groups is 1. The van der Waals surface area contributed by atoms with Gasteiger partial charge in [0.2, 0.25) is 5.78 Å². The maximum absolute atomic E-state index is 12.9. The Morgan fingerprint density at radius 3 is 2.80 bits per heavy atom. The summed E-state index contributed by atoms with van der Waals surface area (Å²) in [7, 11) is 0. The van der Waals surface area contributed by atoms with Gasteiger partial charge in [-0.2, -0.15) is 0 Å². The molecule has 3 N–H and O–H groups in total. The summed E-state index contributed by atoms with van der Waals surface area (Å²) in [6.45, 7) is 0. The molecule has 0 aliphatic rings. The molecule has 4 aromatic rings. The Balaban J connectivity index is 1.67. The molecule has 0 fully saturated rings. The number of pyridine rings is 2. The van der Waals surface area contributed by atoms with Crippen LogP contribution < -0.4 is 11.1 Å². The Kier molecular flexibility index (Phi) is 3.67. The van der Waals surface area contributed by atoms with E-state index in [0.717, 1.165) is 11.2 Å². The second kappa shape index (κ2) is 6.13. The van der Waals surface area contributed by atoms with Crippen LogP contribution in [0, 0.1) is 0 Å². The third kappa shape index (κ3) is 2.83. The maximum atomic E-state index is 12.9. The second-order valence-electron chi connectivity index (χ2n) is 5.69. The van der Waals surface area contributed by atoms with E-state index in [0.29, 0.717) is 22.8 Å². The monoisotopic (exact) mass is 328 g/mol. The van der Waals surface area contributed by atoms with Gasteiger partial charge in [-0.3, -0.25) is 4.79 Å². The molecule has 0 amide bonds. The number of aromatic nitrogens is 2. The van der Waals surface area contributed by atoms with Crippen LogP contribution in [-0.4, -0.2) is 15.2 Å². The summed E-state index contributed by atoms with van der Waals surface area (Å²) in [4.78, 5) is 17.1. The largest absolute Gasteiger partial charge is 0.396 e. The molecule has 3 heterocycles. The minimum Gasteiger partial charge on any atom is -0.396 e. The number of nitrogens with one attached hydrogen (secondary N) is 1. The molecular weight excluding hydrogens is 312 g/mol. The van der Waals surface area contributed by atoms with Crippen LogP contribution in [0.5, 0.6) is 0 Å². The summed E-state index contributed by atoms with van der Waals surface area (Å²) in [6.07, 6.45) is 3.56. The average molecular weight is 328 g/mol. The fourth-order valence-corrected chi connectivity index (χ4v) is 2.79. The molecule has 5 nitrogen and oxygen atoms in total. The van der Waals surface area contributed by atoms with E-state index < -0.39 is 0 Å². The molecule has 0 atom stereocenters. The van der Waals surface area contributed by atoms with Crippen molar-refractivity contribution >= 4 is 28.5 Å². The lowest BCUT2D eigenvalue weighted by atomic mass is 10.1. The van der Waals surface area contributed by atoms with E-state index in [1.54, 1.807) is 30.5 Å². The number of benzene rings is 1. The van der Waals surface area contributed by atoms with Gasteiger partial charge in [-0.15, -0.1) is 0 Å². The topological polar surface area (TPSA) is 72.4 Å². The van der Waals surface area contributed by atoms with Gasteiger partial charge >= 0.3 is 0 Å². The summed E-state index contributed by atoms with van der Waals surface area (Å²) in [5.74, 6) is 0.532. The highest BCUT2D eigenvalue weighted by Gasteiger charge is 2.13. The van der Waals surface area contributed by atoms with Crippen molar-refractivity contribution in [3.05, 3.63) is 90.4 Å². The molecule has 3 aromatic heterocycles. The molecule has 0 saturated heterocycles. The van der Waals surface area contributed by atoms with Gasteiger partial charge in [-0.25, -0.2) is 4.98 Å². The first-order valence-electron chi connectivity index (χ1n) is 7.91. The number of hydrogen-bond donors (Lipinski definition) is 2. The minimum atomic E-state index is -0.0381. The fourth-order valence-electron chi connectivity index (χ4n) is 2.79. The first-order chi connectivity index (χ1) is 12.2. The zero-order chi connectivity index (χ0) is 17.2. The quantitative estimate of drug-likeness (QED) is 0.557. The molecular formula is C20H16N4O. The molecule has 0 unspecified atom stereocenters. The number of nitrogen functional groups attached to an aromatic ring is 1.